The second-order valence-corrected chi connectivity index (χ2v) is 3.57. The Morgan fingerprint density at radius 2 is 2.42 bits per heavy atom. The second-order valence-electron chi connectivity index (χ2n) is 2.71. The summed E-state index contributed by atoms with van der Waals surface area (Å²) in [6, 6.07) is 4.24. The number of aromatic nitrogens is 2. The third-order valence-corrected chi connectivity index (χ3v) is 2.56. The van der Waals surface area contributed by atoms with Crippen LogP contribution in [0.1, 0.15) is 12.5 Å². The summed E-state index contributed by atoms with van der Waals surface area (Å²) in [6.45, 7) is 2.15. The van der Waals surface area contributed by atoms with Gasteiger partial charge in [0.05, 0.1) is 16.2 Å². The Balaban J connectivity index is 2.71. The number of nitrogens with zero attached hydrogens (tertiary/aromatic N) is 2. The molecule has 12 heavy (non-hydrogen) atoms. The van der Waals surface area contributed by atoms with Gasteiger partial charge in [-0.05, 0) is 40.0 Å². The number of aryl methyl sites for hydroxylation is 1. The lowest BCUT2D eigenvalue weighted by molar-refractivity contribution is 0.951. The Hall–Kier alpha value is -0.830. The minimum atomic E-state index is 1.05. The van der Waals surface area contributed by atoms with Crippen LogP contribution in [0.25, 0.3) is 5.52 Å². The molecule has 0 N–H and O–H groups in total. The van der Waals surface area contributed by atoms with Gasteiger partial charge in [0.15, 0.2) is 0 Å². The van der Waals surface area contributed by atoms with Gasteiger partial charge in [-0.3, -0.25) is 0 Å². The first-order valence-electron chi connectivity index (χ1n) is 3.93. The monoisotopic (exact) mass is 224 g/mol. The standard InChI is InChI=1S/C9H9BrN2/c1-2-7-3-4-12-9(5-7)8(10)6-11-12/h3-6H,2H2,1H3. The van der Waals surface area contributed by atoms with Crippen molar-refractivity contribution in [1.82, 2.24) is 9.61 Å². The average molecular weight is 225 g/mol. The van der Waals surface area contributed by atoms with Crippen molar-refractivity contribution in [3.8, 4) is 0 Å². The minimum absolute atomic E-state index is 1.05. The fourth-order valence-corrected chi connectivity index (χ4v) is 1.60. The average Bonchev–Trinajstić information content (AvgIpc) is 2.47. The van der Waals surface area contributed by atoms with Gasteiger partial charge in [0.1, 0.15) is 0 Å². The van der Waals surface area contributed by atoms with E-state index in [2.05, 4.69) is 40.1 Å². The molecule has 0 unspecified atom stereocenters. The zero-order valence-corrected chi connectivity index (χ0v) is 8.37. The van der Waals surface area contributed by atoms with E-state index >= 15 is 0 Å². The molecule has 62 valence electrons. The minimum Gasteiger partial charge on any atom is -0.240 e. The summed E-state index contributed by atoms with van der Waals surface area (Å²) in [5.41, 5.74) is 2.47. The number of fused-ring (bicyclic) bond motifs is 1. The van der Waals surface area contributed by atoms with Gasteiger partial charge in [0.25, 0.3) is 0 Å². The highest BCUT2D eigenvalue weighted by Gasteiger charge is 2.00. The molecule has 2 aromatic rings. The molecular weight excluding hydrogens is 216 g/mol. The van der Waals surface area contributed by atoms with Crippen molar-refractivity contribution in [2.45, 2.75) is 13.3 Å². The highest BCUT2D eigenvalue weighted by molar-refractivity contribution is 9.10. The summed E-state index contributed by atoms with van der Waals surface area (Å²) < 4.78 is 2.92. The smallest absolute Gasteiger partial charge is 0.0806 e. The van der Waals surface area contributed by atoms with Crippen molar-refractivity contribution in [3.05, 3.63) is 34.6 Å². The fraction of sp³-hybridized carbons (Fsp3) is 0.222. The molecule has 0 aliphatic carbocycles. The number of pyridine rings is 1. The second kappa shape index (κ2) is 2.90. The fourth-order valence-electron chi connectivity index (χ4n) is 1.21. The first kappa shape index (κ1) is 7.80. The molecule has 3 heteroatoms. The number of hydrogen-bond acceptors (Lipinski definition) is 1. The maximum atomic E-state index is 4.16. The lowest BCUT2D eigenvalue weighted by atomic mass is 10.2. The van der Waals surface area contributed by atoms with E-state index in [1.807, 2.05) is 16.9 Å². The zero-order valence-electron chi connectivity index (χ0n) is 6.79. The van der Waals surface area contributed by atoms with Gasteiger partial charge in [-0.1, -0.05) is 6.92 Å². The summed E-state index contributed by atoms with van der Waals surface area (Å²) in [5, 5.41) is 4.16. The summed E-state index contributed by atoms with van der Waals surface area (Å²) >= 11 is 3.45. The van der Waals surface area contributed by atoms with E-state index in [0.29, 0.717) is 0 Å². The molecule has 0 bridgehead atoms. The lowest BCUT2D eigenvalue weighted by Crippen LogP contribution is -1.87. The predicted molar refractivity (Wildman–Crippen MR) is 52.3 cm³/mol. The molecule has 0 atom stereocenters. The zero-order chi connectivity index (χ0) is 8.55. The summed E-state index contributed by atoms with van der Waals surface area (Å²) in [5.74, 6) is 0. The van der Waals surface area contributed by atoms with Crippen molar-refractivity contribution in [3.63, 3.8) is 0 Å². The Labute approximate surface area is 79.3 Å². The van der Waals surface area contributed by atoms with Gasteiger partial charge in [0, 0.05) is 6.20 Å². The molecule has 0 saturated carbocycles. The molecule has 0 aliphatic heterocycles. The van der Waals surface area contributed by atoms with Crippen LogP contribution in [-0.4, -0.2) is 9.61 Å². The Morgan fingerprint density at radius 1 is 1.58 bits per heavy atom. The van der Waals surface area contributed by atoms with Crippen LogP contribution in [0.15, 0.2) is 29.0 Å². The number of halogens is 1. The Kier molecular flexibility index (Phi) is 1.89. The molecule has 0 saturated heterocycles. The van der Waals surface area contributed by atoms with E-state index in [1.54, 1.807) is 0 Å². The van der Waals surface area contributed by atoms with Crippen molar-refractivity contribution in [1.29, 1.82) is 0 Å². The van der Waals surface area contributed by atoms with Crippen LogP contribution >= 0.6 is 15.9 Å². The van der Waals surface area contributed by atoms with Crippen molar-refractivity contribution in [2.24, 2.45) is 0 Å². The summed E-state index contributed by atoms with van der Waals surface area (Å²) in [6.07, 6.45) is 4.86. The van der Waals surface area contributed by atoms with Crippen LogP contribution < -0.4 is 0 Å². The molecule has 0 fully saturated rings. The molecule has 0 aliphatic rings. The Morgan fingerprint density at radius 3 is 3.17 bits per heavy atom. The lowest BCUT2D eigenvalue weighted by Gasteiger charge is -1.97. The maximum absolute atomic E-state index is 4.16. The first-order chi connectivity index (χ1) is 5.81. The van der Waals surface area contributed by atoms with Crippen LogP contribution in [0.3, 0.4) is 0 Å². The van der Waals surface area contributed by atoms with Gasteiger partial charge < -0.3 is 0 Å². The third kappa shape index (κ3) is 1.14. The van der Waals surface area contributed by atoms with Gasteiger partial charge in [0.2, 0.25) is 0 Å². The molecule has 0 radical (unpaired) electrons. The van der Waals surface area contributed by atoms with Gasteiger partial charge in [-0.15, -0.1) is 0 Å². The Bertz CT molecular complexity index is 406. The topological polar surface area (TPSA) is 17.3 Å². The van der Waals surface area contributed by atoms with Crippen molar-refractivity contribution >= 4 is 21.4 Å². The molecule has 0 amide bonds. The summed E-state index contributed by atoms with van der Waals surface area (Å²) in [4.78, 5) is 0. The van der Waals surface area contributed by atoms with Gasteiger partial charge in [-0.2, -0.15) is 5.10 Å². The number of rotatable bonds is 1. The molecular formula is C9H9BrN2. The van der Waals surface area contributed by atoms with Crippen LogP contribution in [0, 0.1) is 0 Å². The first-order valence-corrected chi connectivity index (χ1v) is 4.72. The molecule has 0 spiro atoms. The highest BCUT2D eigenvalue weighted by atomic mass is 79.9. The van der Waals surface area contributed by atoms with Crippen LogP contribution in [0.5, 0.6) is 0 Å². The SMILES string of the molecule is CCc1ccn2ncc(Br)c2c1. The summed E-state index contributed by atoms with van der Waals surface area (Å²) in [7, 11) is 0. The predicted octanol–water partition coefficient (Wildman–Crippen LogP) is 2.66. The molecule has 2 nitrogen and oxygen atoms in total. The maximum Gasteiger partial charge on any atom is 0.0806 e. The van der Waals surface area contributed by atoms with E-state index in [4.69, 9.17) is 0 Å². The highest BCUT2D eigenvalue weighted by Crippen LogP contribution is 2.18. The molecule has 2 heterocycles. The largest absolute Gasteiger partial charge is 0.240 e. The van der Waals surface area contributed by atoms with Crippen molar-refractivity contribution < 1.29 is 0 Å². The van der Waals surface area contributed by atoms with E-state index in [0.717, 1.165) is 16.4 Å². The third-order valence-electron chi connectivity index (χ3n) is 1.95. The van der Waals surface area contributed by atoms with E-state index in [-0.39, 0.29) is 0 Å². The van der Waals surface area contributed by atoms with Gasteiger partial charge >= 0.3 is 0 Å². The van der Waals surface area contributed by atoms with E-state index < -0.39 is 0 Å². The molecule has 2 aromatic heterocycles. The van der Waals surface area contributed by atoms with Gasteiger partial charge in [-0.25, -0.2) is 4.52 Å². The van der Waals surface area contributed by atoms with Crippen molar-refractivity contribution in [2.75, 3.05) is 0 Å². The molecule has 2 rings (SSSR count). The van der Waals surface area contributed by atoms with E-state index in [9.17, 15) is 0 Å². The molecule has 0 aromatic carbocycles. The quantitative estimate of drug-likeness (QED) is 0.729. The van der Waals surface area contributed by atoms with Crippen LogP contribution in [-0.2, 0) is 6.42 Å². The number of hydrogen-bond donors (Lipinski definition) is 0. The van der Waals surface area contributed by atoms with E-state index in [1.165, 1.54) is 5.56 Å². The van der Waals surface area contributed by atoms with Crippen LogP contribution in [0.2, 0.25) is 0 Å². The van der Waals surface area contributed by atoms with Crippen LogP contribution in [0.4, 0.5) is 0 Å². The normalized spacial score (nSPS) is 10.8.